The number of nitrogens with zero attached hydrogens (tertiary/aromatic N) is 2. The molecular formula is C15H29N3. The van der Waals surface area contributed by atoms with Gasteiger partial charge in [-0.15, -0.1) is 0 Å². The Morgan fingerprint density at radius 1 is 1.56 bits per heavy atom. The molecule has 104 valence electrons. The molecule has 1 fully saturated rings. The van der Waals surface area contributed by atoms with Crippen molar-refractivity contribution in [1.82, 2.24) is 15.1 Å². The summed E-state index contributed by atoms with van der Waals surface area (Å²) in [5.41, 5.74) is 1.69. The molecule has 1 N–H and O–H groups in total. The van der Waals surface area contributed by atoms with Crippen LogP contribution in [0.4, 0.5) is 0 Å². The molecule has 0 aromatic heterocycles. The molecule has 3 heteroatoms. The van der Waals surface area contributed by atoms with Gasteiger partial charge in [0.2, 0.25) is 0 Å². The molecule has 0 saturated carbocycles. The Morgan fingerprint density at radius 2 is 2.17 bits per heavy atom. The van der Waals surface area contributed by atoms with E-state index in [9.17, 15) is 0 Å². The summed E-state index contributed by atoms with van der Waals surface area (Å²) in [5.74, 6) is 0. The van der Waals surface area contributed by atoms with E-state index in [1.54, 1.807) is 0 Å². The smallest absolute Gasteiger partial charge is 0.0318 e. The molecule has 0 radical (unpaired) electrons. The first kappa shape index (κ1) is 15.3. The van der Waals surface area contributed by atoms with E-state index < -0.39 is 0 Å². The van der Waals surface area contributed by atoms with Gasteiger partial charge < -0.3 is 10.2 Å². The largest absolute Gasteiger partial charge is 0.378 e. The van der Waals surface area contributed by atoms with E-state index in [1.807, 2.05) is 6.08 Å². The molecule has 18 heavy (non-hydrogen) atoms. The Morgan fingerprint density at radius 3 is 2.61 bits per heavy atom. The highest BCUT2D eigenvalue weighted by Crippen LogP contribution is 2.31. The van der Waals surface area contributed by atoms with Crippen LogP contribution in [-0.4, -0.2) is 55.1 Å². The first-order valence-electron chi connectivity index (χ1n) is 6.86. The van der Waals surface area contributed by atoms with Crippen LogP contribution in [0.15, 0.2) is 24.4 Å². The Kier molecular flexibility index (Phi) is 5.42. The Labute approximate surface area is 113 Å². The molecule has 0 aromatic carbocycles. The lowest BCUT2D eigenvalue weighted by atomic mass is 10.1. The topological polar surface area (TPSA) is 18.3 Å². The second kappa shape index (κ2) is 6.39. The first-order chi connectivity index (χ1) is 8.39. The summed E-state index contributed by atoms with van der Waals surface area (Å²) in [5, 5.41) is 3.50. The number of likely N-dealkylation sites (N-methyl/N-ethyl adjacent to an activating group) is 1. The van der Waals surface area contributed by atoms with Gasteiger partial charge in [0.25, 0.3) is 0 Å². The summed E-state index contributed by atoms with van der Waals surface area (Å²) in [6.45, 7) is 13.8. The van der Waals surface area contributed by atoms with Gasteiger partial charge in [-0.3, -0.25) is 4.90 Å². The lowest BCUT2D eigenvalue weighted by molar-refractivity contribution is 0.372. The fourth-order valence-electron chi connectivity index (χ4n) is 1.92. The van der Waals surface area contributed by atoms with Gasteiger partial charge in [-0.25, -0.2) is 0 Å². The van der Waals surface area contributed by atoms with Crippen molar-refractivity contribution in [2.24, 2.45) is 0 Å². The van der Waals surface area contributed by atoms with Crippen LogP contribution in [0.2, 0.25) is 0 Å². The molecule has 0 amide bonds. The number of rotatable bonds is 8. The molecule has 1 saturated heterocycles. The molecule has 0 aromatic rings. The molecule has 2 unspecified atom stereocenters. The average Bonchev–Trinajstić information content (AvgIpc) is 2.90. The maximum atomic E-state index is 3.88. The van der Waals surface area contributed by atoms with E-state index in [4.69, 9.17) is 0 Å². The molecule has 3 nitrogen and oxygen atoms in total. The van der Waals surface area contributed by atoms with Gasteiger partial charge in [-0.1, -0.05) is 12.7 Å². The fraction of sp³-hybridized carbons (Fsp3) is 0.733. The third kappa shape index (κ3) is 4.46. The zero-order chi connectivity index (χ0) is 13.8. The van der Waals surface area contributed by atoms with Gasteiger partial charge in [0.15, 0.2) is 0 Å². The maximum absolute atomic E-state index is 3.88. The molecule has 0 aliphatic carbocycles. The second-order valence-electron chi connectivity index (χ2n) is 5.95. The minimum atomic E-state index is 0.444. The van der Waals surface area contributed by atoms with Crippen LogP contribution >= 0.6 is 0 Å². The second-order valence-corrected chi connectivity index (χ2v) is 5.95. The van der Waals surface area contributed by atoms with Crippen molar-refractivity contribution in [3.8, 4) is 0 Å². The summed E-state index contributed by atoms with van der Waals surface area (Å²) in [4.78, 5) is 4.61. The van der Waals surface area contributed by atoms with E-state index in [1.165, 1.54) is 18.5 Å². The number of hydrogen-bond donors (Lipinski definition) is 1. The standard InChI is InChI=1S/C15H29N3/c1-7-14(11-17(5)13(2)3)10-16-9-8-15(4)12-18(15)6/h7,11,13,16H,1,8-10,12H2,2-6H3/b14-11+. The van der Waals surface area contributed by atoms with Crippen LogP contribution in [0.1, 0.15) is 27.2 Å². The SMILES string of the molecule is C=C/C(=C\N(C)C(C)C)CNCCC1(C)CN1C. The minimum absolute atomic E-state index is 0.444. The van der Waals surface area contributed by atoms with E-state index in [0.29, 0.717) is 11.6 Å². The Hall–Kier alpha value is -0.800. The van der Waals surface area contributed by atoms with Crippen molar-refractivity contribution < 1.29 is 0 Å². The van der Waals surface area contributed by atoms with Gasteiger partial charge >= 0.3 is 0 Å². The average molecular weight is 251 g/mol. The van der Waals surface area contributed by atoms with E-state index in [2.05, 4.69) is 62.8 Å². The van der Waals surface area contributed by atoms with Gasteiger partial charge in [0.1, 0.15) is 0 Å². The number of nitrogens with one attached hydrogen (secondary N) is 1. The van der Waals surface area contributed by atoms with Crippen LogP contribution in [0.25, 0.3) is 0 Å². The molecular weight excluding hydrogens is 222 g/mol. The highest BCUT2D eigenvalue weighted by atomic mass is 15.3. The van der Waals surface area contributed by atoms with Gasteiger partial charge in [0.05, 0.1) is 0 Å². The van der Waals surface area contributed by atoms with E-state index in [-0.39, 0.29) is 0 Å². The quantitative estimate of drug-likeness (QED) is 0.405. The van der Waals surface area contributed by atoms with Crippen molar-refractivity contribution in [3.63, 3.8) is 0 Å². The van der Waals surface area contributed by atoms with Crippen molar-refractivity contribution in [2.75, 3.05) is 33.7 Å². The molecule has 1 rings (SSSR count). The summed E-state index contributed by atoms with van der Waals surface area (Å²) >= 11 is 0. The summed E-state index contributed by atoms with van der Waals surface area (Å²) in [6.07, 6.45) is 5.33. The highest BCUT2D eigenvalue weighted by molar-refractivity contribution is 5.17. The summed E-state index contributed by atoms with van der Waals surface area (Å²) in [6, 6.07) is 0.527. The van der Waals surface area contributed by atoms with Crippen molar-refractivity contribution in [3.05, 3.63) is 24.4 Å². The molecule has 2 atom stereocenters. The third-order valence-electron chi connectivity index (χ3n) is 4.01. The molecule has 1 heterocycles. The maximum Gasteiger partial charge on any atom is 0.0318 e. The summed E-state index contributed by atoms with van der Waals surface area (Å²) < 4.78 is 0. The van der Waals surface area contributed by atoms with Gasteiger partial charge in [0, 0.05) is 37.9 Å². The van der Waals surface area contributed by atoms with Gasteiger partial charge in [-0.2, -0.15) is 0 Å². The lowest BCUT2D eigenvalue weighted by Gasteiger charge is -2.20. The van der Waals surface area contributed by atoms with Crippen LogP contribution in [0, 0.1) is 0 Å². The lowest BCUT2D eigenvalue weighted by Crippen LogP contribution is -2.26. The monoisotopic (exact) mass is 251 g/mol. The fourth-order valence-corrected chi connectivity index (χ4v) is 1.92. The van der Waals surface area contributed by atoms with Crippen molar-refractivity contribution in [2.45, 2.75) is 38.8 Å². The highest BCUT2D eigenvalue weighted by Gasteiger charge is 2.43. The normalized spacial score (nSPS) is 27.4. The first-order valence-corrected chi connectivity index (χ1v) is 6.86. The van der Waals surface area contributed by atoms with Crippen molar-refractivity contribution >= 4 is 0 Å². The Bertz CT molecular complexity index is 309. The molecule has 0 bridgehead atoms. The zero-order valence-electron chi connectivity index (χ0n) is 12.7. The molecule has 0 spiro atoms. The number of hydrogen-bond acceptors (Lipinski definition) is 3. The van der Waals surface area contributed by atoms with Crippen LogP contribution in [0.5, 0.6) is 0 Å². The van der Waals surface area contributed by atoms with Crippen LogP contribution < -0.4 is 5.32 Å². The molecule has 1 aliphatic rings. The van der Waals surface area contributed by atoms with Crippen LogP contribution in [-0.2, 0) is 0 Å². The zero-order valence-corrected chi connectivity index (χ0v) is 12.7. The van der Waals surface area contributed by atoms with E-state index in [0.717, 1.165) is 13.1 Å². The summed E-state index contributed by atoms with van der Waals surface area (Å²) in [7, 11) is 4.29. The van der Waals surface area contributed by atoms with Crippen LogP contribution in [0.3, 0.4) is 0 Å². The van der Waals surface area contributed by atoms with Gasteiger partial charge in [-0.05, 0) is 46.4 Å². The molecule has 1 aliphatic heterocycles. The predicted octanol–water partition coefficient (Wildman–Crippen LogP) is 2.08. The predicted molar refractivity (Wildman–Crippen MR) is 79.7 cm³/mol. The third-order valence-corrected chi connectivity index (χ3v) is 4.01. The Balaban J connectivity index is 2.25. The van der Waals surface area contributed by atoms with Crippen molar-refractivity contribution in [1.29, 1.82) is 0 Å². The minimum Gasteiger partial charge on any atom is -0.378 e. The van der Waals surface area contributed by atoms with E-state index >= 15 is 0 Å².